The highest BCUT2D eigenvalue weighted by Crippen LogP contribution is 2.19. The van der Waals surface area contributed by atoms with Gasteiger partial charge in [0.05, 0.1) is 11.5 Å². The van der Waals surface area contributed by atoms with Gasteiger partial charge in [-0.1, -0.05) is 12.1 Å². The molecule has 0 aliphatic carbocycles. The van der Waals surface area contributed by atoms with Crippen LogP contribution in [0.5, 0.6) is 5.75 Å². The highest BCUT2D eigenvalue weighted by atomic mass is 32.2. The molecule has 0 amide bonds. The molecule has 81 valence electrons. The number of hydrogen-bond acceptors (Lipinski definition) is 3. The third-order valence-corrected chi connectivity index (χ3v) is 4.21. The van der Waals surface area contributed by atoms with Crippen LogP contribution in [-0.2, 0) is 9.84 Å². The molecule has 15 heavy (non-hydrogen) atoms. The van der Waals surface area contributed by atoms with E-state index in [0.29, 0.717) is 12.8 Å². The third-order valence-electron chi connectivity index (χ3n) is 2.49. The molecule has 0 atom stereocenters. The van der Waals surface area contributed by atoms with Crippen LogP contribution in [0.3, 0.4) is 0 Å². The Morgan fingerprint density at radius 1 is 1.20 bits per heavy atom. The summed E-state index contributed by atoms with van der Waals surface area (Å²) in [5, 5.41) is 0. The molecule has 0 saturated carbocycles. The van der Waals surface area contributed by atoms with E-state index >= 15 is 0 Å². The average molecular weight is 225 g/mol. The van der Waals surface area contributed by atoms with E-state index in [-0.39, 0.29) is 17.6 Å². The number of sulfone groups is 1. The monoisotopic (exact) mass is 225 g/mol. The van der Waals surface area contributed by atoms with Gasteiger partial charge in [0.25, 0.3) is 0 Å². The van der Waals surface area contributed by atoms with Gasteiger partial charge in [0.1, 0.15) is 11.9 Å². The zero-order chi connectivity index (χ0) is 10.7. The van der Waals surface area contributed by atoms with Gasteiger partial charge in [0, 0.05) is 0 Å². The van der Waals surface area contributed by atoms with E-state index in [1.165, 1.54) is 0 Å². The molecule has 1 saturated heterocycles. The predicted molar refractivity (Wildman–Crippen MR) is 57.6 cm³/mol. The third kappa shape index (κ3) is 2.96. The Hall–Kier alpha value is -1.03. The van der Waals surface area contributed by atoms with Crippen molar-refractivity contribution in [3.8, 4) is 5.75 Å². The zero-order valence-corrected chi connectivity index (χ0v) is 9.16. The smallest absolute Gasteiger partial charge is 0.150 e. The lowest BCUT2D eigenvalue weighted by molar-refractivity contribution is 0.189. The van der Waals surface area contributed by atoms with E-state index in [9.17, 15) is 8.42 Å². The first-order chi connectivity index (χ1) is 7.16. The van der Waals surface area contributed by atoms with Gasteiger partial charge in [-0.15, -0.1) is 0 Å². The van der Waals surface area contributed by atoms with Crippen molar-refractivity contribution >= 4 is 9.84 Å². The zero-order valence-electron chi connectivity index (χ0n) is 8.35. The molecule has 3 nitrogen and oxygen atoms in total. The van der Waals surface area contributed by atoms with Crippen molar-refractivity contribution in [3.63, 3.8) is 0 Å². The summed E-state index contributed by atoms with van der Waals surface area (Å²) >= 11 is 0. The van der Waals surface area contributed by atoms with Gasteiger partial charge in [-0.3, -0.25) is 0 Å². The van der Waals surface area contributed by atoms with Crippen molar-refractivity contribution in [1.82, 2.24) is 0 Å². The molecule has 1 aliphatic heterocycles. The molecular formula is C11H13O3S. The molecule has 1 aromatic carbocycles. The van der Waals surface area contributed by atoms with E-state index < -0.39 is 9.84 Å². The number of rotatable bonds is 2. The predicted octanol–water partition coefficient (Wildman–Crippen LogP) is 1.44. The van der Waals surface area contributed by atoms with E-state index in [1.807, 2.05) is 12.1 Å². The SMILES string of the molecule is O=S1(=O)CCC(Oc2cc[c]cc2)CC1. The van der Waals surface area contributed by atoms with Crippen molar-refractivity contribution in [3.05, 3.63) is 30.3 Å². The first-order valence-corrected chi connectivity index (χ1v) is 6.81. The van der Waals surface area contributed by atoms with Gasteiger partial charge in [-0.05, 0) is 31.0 Å². The van der Waals surface area contributed by atoms with Gasteiger partial charge in [-0.2, -0.15) is 0 Å². The van der Waals surface area contributed by atoms with E-state index in [0.717, 1.165) is 5.75 Å². The second-order valence-corrected chi connectivity index (χ2v) is 6.01. The summed E-state index contributed by atoms with van der Waals surface area (Å²) in [5.74, 6) is 1.28. The highest BCUT2D eigenvalue weighted by Gasteiger charge is 2.24. The largest absolute Gasteiger partial charge is 0.490 e. The fraction of sp³-hybridized carbons (Fsp3) is 0.455. The van der Waals surface area contributed by atoms with Crippen LogP contribution in [0.1, 0.15) is 12.8 Å². The summed E-state index contributed by atoms with van der Waals surface area (Å²) in [6.07, 6.45) is 1.23. The lowest BCUT2D eigenvalue weighted by Crippen LogP contribution is -2.30. The Labute approximate surface area is 90.0 Å². The van der Waals surface area contributed by atoms with Gasteiger partial charge in [0.15, 0.2) is 9.84 Å². The van der Waals surface area contributed by atoms with Crippen molar-refractivity contribution in [2.75, 3.05) is 11.5 Å². The molecule has 2 rings (SSSR count). The molecule has 1 aromatic rings. The lowest BCUT2D eigenvalue weighted by Gasteiger charge is -2.23. The summed E-state index contributed by atoms with van der Waals surface area (Å²) in [5.41, 5.74) is 0. The summed E-state index contributed by atoms with van der Waals surface area (Å²) in [6, 6.07) is 10.2. The van der Waals surface area contributed by atoms with Gasteiger partial charge in [0.2, 0.25) is 0 Å². The Morgan fingerprint density at radius 3 is 2.40 bits per heavy atom. The van der Waals surface area contributed by atoms with Crippen molar-refractivity contribution in [2.24, 2.45) is 0 Å². The van der Waals surface area contributed by atoms with Crippen molar-refractivity contribution < 1.29 is 13.2 Å². The van der Waals surface area contributed by atoms with Gasteiger partial charge >= 0.3 is 0 Å². The van der Waals surface area contributed by atoms with Crippen LogP contribution in [0.25, 0.3) is 0 Å². The van der Waals surface area contributed by atoms with Crippen LogP contribution in [-0.4, -0.2) is 26.0 Å². The molecule has 0 aromatic heterocycles. The second kappa shape index (κ2) is 4.23. The van der Waals surface area contributed by atoms with Crippen LogP contribution >= 0.6 is 0 Å². The molecule has 0 spiro atoms. The summed E-state index contributed by atoms with van der Waals surface area (Å²) in [7, 11) is -2.79. The summed E-state index contributed by atoms with van der Waals surface area (Å²) in [4.78, 5) is 0. The highest BCUT2D eigenvalue weighted by molar-refractivity contribution is 7.91. The van der Waals surface area contributed by atoms with Crippen molar-refractivity contribution in [2.45, 2.75) is 18.9 Å². The van der Waals surface area contributed by atoms with Crippen LogP contribution in [0.2, 0.25) is 0 Å². The Balaban J connectivity index is 1.93. The lowest BCUT2D eigenvalue weighted by atomic mass is 10.2. The second-order valence-electron chi connectivity index (χ2n) is 3.70. The molecule has 1 fully saturated rings. The Morgan fingerprint density at radius 2 is 1.80 bits per heavy atom. The van der Waals surface area contributed by atoms with Gasteiger partial charge in [-0.25, -0.2) is 8.42 Å². The molecule has 0 N–H and O–H groups in total. The fourth-order valence-corrected chi connectivity index (χ4v) is 3.08. The van der Waals surface area contributed by atoms with E-state index in [1.54, 1.807) is 12.1 Å². The first kappa shape index (κ1) is 10.5. The minimum absolute atomic E-state index is 0.0379. The molecular weight excluding hydrogens is 212 g/mol. The molecule has 0 bridgehead atoms. The summed E-state index contributed by atoms with van der Waals surface area (Å²) in [6.45, 7) is 0. The van der Waals surface area contributed by atoms with Crippen LogP contribution in [0.4, 0.5) is 0 Å². The maximum absolute atomic E-state index is 11.2. The molecule has 1 heterocycles. The summed E-state index contributed by atoms with van der Waals surface area (Å²) < 4.78 is 28.0. The molecule has 1 radical (unpaired) electrons. The molecule has 0 unspecified atom stereocenters. The van der Waals surface area contributed by atoms with Crippen LogP contribution in [0, 0.1) is 6.07 Å². The quantitative estimate of drug-likeness (QED) is 0.765. The van der Waals surface area contributed by atoms with E-state index in [2.05, 4.69) is 6.07 Å². The minimum atomic E-state index is -2.79. The topological polar surface area (TPSA) is 43.4 Å². The minimum Gasteiger partial charge on any atom is -0.490 e. The van der Waals surface area contributed by atoms with Crippen LogP contribution in [0.15, 0.2) is 24.3 Å². The standard InChI is InChI=1S/C11H13O3S/c12-15(13)8-6-11(7-9-15)14-10-4-2-1-3-5-10/h2-5,11H,6-9H2. The number of benzene rings is 1. The van der Waals surface area contributed by atoms with Crippen molar-refractivity contribution in [1.29, 1.82) is 0 Å². The maximum atomic E-state index is 11.2. The fourth-order valence-electron chi connectivity index (χ4n) is 1.63. The maximum Gasteiger partial charge on any atom is 0.150 e. The molecule has 1 aliphatic rings. The Bertz CT molecular complexity index is 397. The first-order valence-electron chi connectivity index (χ1n) is 4.99. The average Bonchev–Trinajstić information content (AvgIpc) is 2.23. The van der Waals surface area contributed by atoms with E-state index in [4.69, 9.17) is 4.74 Å². The molecule has 4 heteroatoms. The number of hydrogen-bond donors (Lipinski definition) is 0. The van der Waals surface area contributed by atoms with Gasteiger partial charge < -0.3 is 4.74 Å². The van der Waals surface area contributed by atoms with Crippen LogP contribution < -0.4 is 4.74 Å². The Kier molecular flexibility index (Phi) is 2.95. The normalized spacial score (nSPS) is 21.1. The number of ether oxygens (including phenoxy) is 1.